The fourth-order valence-corrected chi connectivity index (χ4v) is 4.72. The Balaban J connectivity index is 1.83. The second-order valence-corrected chi connectivity index (χ2v) is 8.32. The summed E-state index contributed by atoms with van der Waals surface area (Å²) < 4.78 is 54.3. The first-order valence-corrected chi connectivity index (χ1v) is 9.64. The molecule has 2 N–H and O–H groups in total. The molecule has 2 heterocycles. The van der Waals surface area contributed by atoms with Crippen LogP contribution in [0.15, 0.2) is 35.7 Å². The van der Waals surface area contributed by atoms with E-state index in [9.17, 15) is 22.0 Å². The van der Waals surface area contributed by atoms with Gasteiger partial charge < -0.3 is 5.32 Å². The predicted octanol–water partition coefficient (Wildman–Crippen LogP) is 2.24. The van der Waals surface area contributed by atoms with Crippen LogP contribution in [0.3, 0.4) is 0 Å². The summed E-state index contributed by atoms with van der Waals surface area (Å²) in [4.78, 5) is 13.3. The van der Waals surface area contributed by atoms with E-state index in [1.54, 1.807) is 12.1 Å². The minimum absolute atomic E-state index is 0.0564. The number of amides is 1. The van der Waals surface area contributed by atoms with Gasteiger partial charge in [0.1, 0.15) is 6.04 Å². The Kier molecular flexibility index (Phi) is 4.87. The number of nitrogens with zero attached hydrogens (tertiary/aromatic N) is 1. The highest BCUT2D eigenvalue weighted by atomic mass is 32.2. The van der Waals surface area contributed by atoms with E-state index >= 15 is 0 Å². The largest absolute Gasteiger partial charge is 0.325 e. The van der Waals surface area contributed by atoms with Crippen LogP contribution in [0.25, 0.3) is 0 Å². The summed E-state index contributed by atoms with van der Waals surface area (Å²) in [7, 11) is -2.55. The van der Waals surface area contributed by atoms with Crippen molar-refractivity contribution in [2.75, 3.05) is 12.4 Å². The van der Waals surface area contributed by atoms with Gasteiger partial charge in [0.05, 0.1) is 6.04 Å². The van der Waals surface area contributed by atoms with Crippen molar-refractivity contribution in [1.29, 1.82) is 0 Å². The lowest BCUT2D eigenvalue weighted by molar-refractivity contribution is -0.120. The summed E-state index contributed by atoms with van der Waals surface area (Å²) in [5.74, 6) is -2.74. The molecule has 1 saturated heterocycles. The molecular weight excluding hydrogens is 372 g/mol. The van der Waals surface area contributed by atoms with Gasteiger partial charge in [-0.25, -0.2) is 8.78 Å². The number of benzene rings is 1. The number of halogens is 2. The SMILES string of the molecule is CN1[C@@H](C(=O)Nc2ccc(F)c(F)c2)C[C@@H](c2cccs2)NS1(=O)=O. The van der Waals surface area contributed by atoms with Crippen molar-refractivity contribution in [3.63, 3.8) is 0 Å². The molecule has 1 aromatic carbocycles. The van der Waals surface area contributed by atoms with Crippen LogP contribution in [-0.2, 0) is 15.0 Å². The first kappa shape index (κ1) is 17.9. The second kappa shape index (κ2) is 6.79. The maximum Gasteiger partial charge on any atom is 0.280 e. The molecule has 6 nitrogen and oxygen atoms in total. The van der Waals surface area contributed by atoms with Gasteiger partial charge in [-0.1, -0.05) is 6.07 Å². The molecule has 3 rings (SSSR count). The Labute approximate surface area is 147 Å². The van der Waals surface area contributed by atoms with E-state index < -0.39 is 39.8 Å². The van der Waals surface area contributed by atoms with Crippen molar-refractivity contribution in [3.8, 4) is 0 Å². The molecule has 10 heteroatoms. The number of likely N-dealkylation sites (N-methyl/N-ethyl adjacent to an activating group) is 1. The van der Waals surface area contributed by atoms with Crippen molar-refractivity contribution in [2.24, 2.45) is 0 Å². The molecule has 2 atom stereocenters. The van der Waals surface area contributed by atoms with Crippen molar-refractivity contribution in [1.82, 2.24) is 9.03 Å². The third-order valence-electron chi connectivity index (χ3n) is 3.94. The van der Waals surface area contributed by atoms with Crippen LogP contribution in [-0.4, -0.2) is 31.7 Å². The smallest absolute Gasteiger partial charge is 0.280 e. The van der Waals surface area contributed by atoms with Gasteiger partial charge in [0.15, 0.2) is 11.6 Å². The monoisotopic (exact) mass is 387 g/mol. The average Bonchev–Trinajstić information content (AvgIpc) is 3.07. The quantitative estimate of drug-likeness (QED) is 0.848. The van der Waals surface area contributed by atoms with Gasteiger partial charge in [-0.2, -0.15) is 17.4 Å². The Morgan fingerprint density at radius 2 is 2.08 bits per heavy atom. The molecule has 1 amide bonds. The summed E-state index contributed by atoms with van der Waals surface area (Å²) in [6, 6.07) is 5.02. The zero-order valence-corrected chi connectivity index (χ0v) is 14.7. The Morgan fingerprint density at radius 3 is 2.72 bits per heavy atom. The molecule has 0 saturated carbocycles. The van der Waals surface area contributed by atoms with Crippen molar-refractivity contribution in [3.05, 3.63) is 52.2 Å². The molecule has 134 valence electrons. The molecule has 0 radical (unpaired) electrons. The van der Waals surface area contributed by atoms with Gasteiger partial charge in [0, 0.05) is 23.7 Å². The molecule has 0 unspecified atom stereocenters. The molecule has 1 aliphatic rings. The molecule has 0 bridgehead atoms. The van der Waals surface area contributed by atoms with E-state index in [0.717, 1.165) is 21.3 Å². The summed E-state index contributed by atoms with van der Waals surface area (Å²) >= 11 is 1.38. The summed E-state index contributed by atoms with van der Waals surface area (Å²) in [6.45, 7) is 0. The molecule has 1 fully saturated rings. The van der Waals surface area contributed by atoms with E-state index in [1.165, 1.54) is 24.5 Å². The minimum atomic E-state index is -3.84. The van der Waals surface area contributed by atoms with E-state index in [-0.39, 0.29) is 12.1 Å². The maximum atomic E-state index is 13.3. The van der Waals surface area contributed by atoms with Gasteiger partial charge in [-0.3, -0.25) is 4.79 Å². The molecule has 0 spiro atoms. The Bertz CT molecular complexity index is 887. The van der Waals surface area contributed by atoms with Gasteiger partial charge >= 0.3 is 0 Å². The third-order valence-corrected chi connectivity index (χ3v) is 6.53. The molecule has 25 heavy (non-hydrogen) atoms. The van der Waals surface area contributed by atoms with Crippen LogP contribution in [0.5, 0.6) is 0 Å². The molecule has 1 aromatic heterocycles. The lowest BCUT2D eigenvalue weighted by Crippen LogP contribution is -2.55. The van der Waals surface area contributed by atoms with E-state index in [0.29, 0.717) is 0 Å². The molecular formula is C15H15F2N3O3S2. The Morgan fingerprint density at radius 1 is 1.32 bits per heavy atom. The summed E-state index contributed by atoms with van der Waals surface area (Å²) in [6.07, 6.45) is 0.214. The highest BCUT2D eigenvalue weighted by molar-refractivity contribution is 7.87. The Hall–Kier alpha value is -1.88. The normalized spacial score (nSPS) is 23.3. The summed E-state index contributed by atoms with van der Waals surface area (Å²) in [5.41, 5.74) is 0.0564. The molecule has 1 aliphatic heterocycles. The number of nitrogens with one attached hydrogen (secondary N) is 2. The number of carbonyl (C=O) groups is 1. The van der Waals surface area contributed by atoms with Gasteiger partial charge in [-0.15, -0.1) is 11.3 Å². The average molecular weight is 387 g/mol. The first-order valence-electron chi connectivity index (χ1n) is 7.32. The van der Waals surface area contributed by atoms with Gasteiger partial charge in [0.2, 0.25) is 5.91 Å². The van der Waals surface area contributed by atoms with E-state index in [2.05, 4.69) is 10.0 Å². The number of thiophene rings is 1. The second-order valence-electron chi connectivity index (χ2n) is 5.58. The zero-order chi connectivity index (χ0) is 18.2. The van der Waals surface area contributed by atoms with Crippen molar-refractivity contribution < 1.29 is 22.0 Å². The van der Waals surface area contributed by atoms with Crippen LogP contribution >= 0.6 is 11.3 Å². The number of anilines is 1. The topological polar surface area (TPSA) is 78.5 Å². The van der Waals surface area contributed by atoms with Crippen molar-refractivity contribution >= 4 is 33.1 Å². The fourth-order valence-electron chi connectivity index (χ4n) is 2.59. The van der Waals surface area contributed by atoms with Crippen molar-refractivity contribution in [2.45, 2.75) is 18.5 Å². The number of carbonyl (C=O) groups excluding carboxylic acids is 1. The zero-order valence-electron chi connectivity index (χ0n) is 13.1. The predicted molar refractivity (Wildman–Crippen MR) is 90.3 cm³/mol. The van der Waals surface area contributed by atoms with E-state index in [1.807, 2.05) is 5.38 Å². The van der Waals surface area contributed by atoms with Crippen LogP contribution in [0.4, 0.5) is 14.5 Å². The highest BCUT2D eigenvalue weighted by Crippen LogP contribution is 2.30. The van der Waals surface area contributed by atoms with Gasteiger partial charge in [0.25, 0.3) is 10.2 Å². The number of rotatable bonds is 3. The molecule has 2 aromatic rings. The highest BCUT2D eigenvalue weighted by Gasteiger charge is 2.40. The summed E-state index contributed by atoms with van der Waals surface area (Å²) in [5, 5.41) is 4.26. The lowest BCUT2D eigenvalue weighted by Gasteiger charge is -2.35. The molecule has 0 aliphatic carbocycles. The fraction of sp³-hybridized carbons (Fsp3) is 0.267. The van der Waals surface area contributed by atoms with Gasteiger partial charge in [-0.05, 0) is 30.0 Å². The lowest BCUT2D eigenvalue weighted by atomic mass is 10.1. The first-order chi connectivity index (χ1) is 11.8. The maximum absolute atomic E-state index is 13.3. The minimum Gasteiger partial charge on any atom is -0.325 e. The van der Waals surface area contributed by atoms with Crippen LogP contribution in [0, 0.1) is 11.6 Å². The third kappa shape index (κ3) is 3.71. The number of hydrogen-bond acceptors (Lipinski definition) is 4. The van der Waals surface area contributed by atoms with Crippen LogP contribution < -0.4 is 10.0 Å². The van der Waals surface area contributed by atoms with Crippen LogP contribution in [0.2, 0.25) is 0 Å². The van der Waals surface area contributed by atoms with E-state index in [4.69, 9.17) is 0 Å². The van der Waals surface area contributed by atoms with Crippen LogP contribution in [0.1, 0.15) is 17.3 Å². The number of hydrogen-bond donors (Lipinski definition) is 2. The standard InChI is InChI=1S/C15H15F2N3O3S2/c1-20-13(15(21)18-9-4-5-10(16)11(17)7-9)8-12(19-25(20,22)23)14-3-2-6-24-14/h2-7,12-13,19H,8H2,1H3,(H,18,21)/t12-,13+/m0/s1.